The van der Waals surface area contributed by atoms with E-state index >= 15 is 0 Å². The summed E-state index contributed by atoms with van der Waals surface area (Å²) < 4.78 is 5.77. The van der Waals surface area contributed by atoms with Gasteiger partial charge in [-0.15, -0.1) is 0 Å². The molecule has 1 aromatic heterocycles. The lowest BCUT2D eigenvalue weighted by atomic mass is 9.75. The lowest BCUT2D eigenvalue weighted by molar-refractivity contribution is -0.128. The van der Waals surface area contributed by atoms with Crippen molar-refractivity contribution in [3.05, 3.63) is 59.9 Å². The number of anilines is 1. The zero-order valence-corrected chi connectivity index (χ0v) is 16.3. The Balaban J connectivity index is 1.18. The fourth-order valence-electron chi connectivity index (χ4n) is 5.01. The first-order chi connectivity index (χ1) is 14.1. The molecular weight excluding hydrogens is 366 g/mol. The van der Waals surface area contributed by atoms with E-state index in [1.54, 1.807) is 18.5 Å². The average Bonchev–Trinajstić information content (AvgIpc) is 3.33. The van der Waals surface area contributed by atoms with E-state index in [0.717, 1.165) is 37.9 Å². The molecule has 2 aromatic rings. The second-order valence-electron chi connectivity index (χ2n) is 8.36. The van der Waals surface area contributed by atoms with Gasteiger partial charge in [-0.2, -0.15) is 0 Å². The van der Waals surface area contributed by atoms with Crippen LogP contribution in [0, 0.1) is 5.92 Å². The zero-order chi connectivity index (χ0) is 19.8. The van der Waals surface area contributed by atoms with Crippen molar-refractivity contribution in [3.63, 3.8) is 0 Å². The van der Waals surface area contributed by atoms with Gasteiger partial charge in [-0.3, -0.25) is 9.78 Å². The Hall–Kier alpha value is -2.89. The molecule has 1 saturated heterocycles. The molecule has 0 radical (unpaired) electrons. The third kappa shape index (κ3) is 3.26. The van der Waals surface area contributed by atoms with Gasteiger partial charge in [-0.1, -0.05) is 18.2 Å². The standard InChI is InChI=1S/C23H25N3O3/c27-21(25-17-9-13-26(15-17)18-4-2-1-3-5-18)16-6-10-23(11-7-16)20-14-24-12-8-19(20)22(28)29-23/h1-5,8,12,14,16-17H,6-7,9-11,13,15H2,(H,25,27)/t16?,17-,23?/m0/s1. The number of fused-ring (bicyclic) bond motifs is 2. The lowest BCUT2D eigenvalue weighted by Gasteiger charge is -2.36. The van der Waals surface area contributed by atoms with E-state index < -0.39 is 5.60 Å². The summed E-state index contributed by atoms with van der Waals surface area (Å²) in [5.41, 5.74) is 2.13. The number of benzene rings is 1. The molecule has 1 aliphatic carbocycles. The number of nitrogens with zero attached hydrogens (tertiary/aromatic N) is 2. The molecule has 6 nitrogen and oxygen atoms in total. The van der Waals surface area contributed by atoms with Crippen molar-refractivity contribution in [2.45, 2.75) is 43.7 Å². The average molecular weight is 391 g/mol. The fourth-order valence-corrected chi connectivity index (χ4v) is 5.01. The Morgan fingerprint density at radius 3 is 2.72 bits per heavy atom. The fraction of sp³-hybridized carbons (Fsp3) is 0.435. The maximum absolute atomic E-state index is 12.9. The second kappa shape index (κ2) is 7.17. The van der Waals surface area contributed by atoms with E-state index in [4.69, 9.17) is 4.74 Å². The van der Waals surface area contributed by atoms with E-state index in [0.29, 0.717) is 18.4 Å². The third-order valence-electron chi connectivity index (χ3n) is 6.64. The van der Waals surface area contributed by atoms with Crippen LogP contribution in [0.5, 0.6) is 0 Å². The van der Waals surface area contributed by atoms with E-state index in [1.807, 2.05) is 18.2 Å². The molecule has 0 bridgehead atoms. The Kier molecular flexibility index (Phi) is 4.49. The summed E-state index contributed by atoms with van der Waals surface area (Å²) in [5, 5.41) is 3.25. The number of carbonyl (C=O) groups is 2. The maximum atomic E-state index is 12.9. The van der Waals surface area contributed by atoms with E-state index in [-0.39, 0.29) is 23.8 Å². The van der Waals surface area contributed by atoms with E-state index in [1.165, 1.54) is 5.69 Å². The summed E-state index contributed by atoms with van der Waals surface area (Å²) in [4.78, 5) is 31.6. The van der Waals surface area contributed by atoms with Crippen molar-refractivity contribution in [2.75, 3.05) is 18.0 Å². The van der Waals surface area contributed by atoms with Crippen molar-refractivity contribution in [1.82, 2.24) is 10.3 Å². The molecule has 1 spiro atoms. The molecule has 29 heavy (non-hydrogen) atoms. The van der Waals surface area contributed by atoms with Gasteiger partial charge in [0.1, 0.15) is 5.60 Å². The summed E-state index contributed by atoms with van der Waals surface area (Å²) >= 11 is 0. The molecule has 3 aliphatic rings. The number of ether oxygens (including phenoxy) is 1. The number of hydrogen-bond acceptors (Lipinski definition) is 5. The smallest absolute Gasteiger partial charge is 0.339 e. The summed E-state index contributed by atoms with van der Waals surface area (Å²) in [5.74, 6) is -0.154. The molecule has 2 aliphatic heterocycles. The number of aromatic nitrogens is 1. The minimum absolute atomic E-state index is 0.0224. The zero-order valence-electron chi connectivity index (χ0n) is 16.3. The van der Waals surface area contributed by atoms with Crippen LogP contribution < -0.4 is 10.2 Å². The molecule has 1 aromatic carbocycles. The van der Waals surface area contributed by atoms with Crippen LogP contribution in [-0.4, -0.2) is 36.0 Å². The van der Waals surface area contributed by atoms with E-state index in [2.05, 4.69) is 27.3 Å². The number of esters is 1. The van der Waals surface area contributed by atoms with Crippen LogP contribution in [0.2, 0.25) is 0 Å². The van der Waals surface area contributed by atoms with Crippen molar-refractivity contribution in [2.24, 2.45) is 5.92 Å². The number of para-hydroxylation sites is 1. The predicted octanol–water partition coefficient (Wildman–Crippen LogP) is 3.03. The highest BCUT2D eigenvalue weighted by atomic mass is 16.6. The largest absolute Gasteiger partial charge is 0.450 e. The topological polar surface area (TPSA) is 71.5 Å². The Morgan fingerprint density at radius 2 is 1.93 bits per heavy atom. The number of hydrogen-bond donors (Lipinski definition) is 1. The van der Waals surface area contributed by atoms with Crippen LogP contribution in [0.15, 0.2) is 48.8 Å². The van der Waals surface area contributed by atoms with Gasteiger partial charge < -0.3 is 15.0 Å². The van der Waals surface area contributed by atoms with Crippen LogP contribution in [-0.2, 0) is 15.1 Å². The number of pyridine rings is 1. The Labute approximate surface area is 170 Å². The molecule has 6 heteroatoms. The van der Waals surface area contributed by atoms with Crippen LogP contribution in [0.3, 0.4) is 0 Å². The molecule has 1 amide bonds. The normalized spacial score (nSPS) is 28.3. The van der Waals surface area contributed by atoms with Crippen LogP contribution in [0.25, 0.3) is 0 Å². The number of nitrogens with one attached hydrogen (secondary N) is 1. The van der Waals surface area contributed by atoms with Crippen molar-refractivity contribution < 1.29 is 14.3 Å². The molecule has 1 N–H and O–H groups in total. The highest BCUT2D eigenvalue weighted by Crippen LogP contribution is 2.47. The van der Waals surface area contributed by atoms with Gasteiger partial charge in [0.25, 0.3) is 0 Å². The minimum Gasteiger partial charge on any atom is -0.450 e. The molecule has 2 fully saturated rings. The van der Waals surface area contributed by atoms with Crippen LogP contribution in [0.1, 0.15) is 48.0 Å². The van der Waals surface area contributed by atoms with Gasteiger partial charge in [0.2, 0.25) is 5.91 Å². The van der Waals surface area contributed by atoms with E-state index in [9.17, 15) is 9.59 Å². The molecular formula is C23H25N3O3. The molecule has 150 valence electrons. The second-order valence-corrected chi connectivity index (χ2v) is 8.36. The molecule has 0 unspecified atom stereocenters. The number of carbonyl (C=O) groups excluding carboxylic acids is 2. The molecule has 1 saturated carbocycles. The van der Waals surface area contributed by atoms with Crippen molar-refractivity contribution in [3.8, 4) is 0 Å². The first-order valence-corrected chi connectivity index (χ1v) is 10.4. The highest BCUT2D eigenvalue weighted by molar-refractivity contribution is 5.94. The van der Waals surface area contributed by atoms with Gasteiger partial charge in [0, 0.05) is 48.7 Å². The Morgan fingerprint density at radius 1 is 1.14 bits per heavy atom. The first kappa shape index (κ1) is 18.2. The summed E-state index contributed by atoms with van der Waals surface area (Å²) in [6, 6.07) is 12.2. The minimum atomic E-state index is -0.588. The Bertz CT molecular complexity index is 922. The van der Waals surface area contributed by atoms with Gasteiger partial charge in [0.05, 0.1) is 5.56 Å². The SMILES string of the molecule is O=C1OC2(CCC(C(=O)N[C@H]3CCN(c4ccccc4)C3)CC2)c2cnccc21. The van der Waals surface area contributed by atoms with Crippen LogP contribution in [0.4, 0.5) is 5.69 Å². The first-order valence-electron chi connectivity index (χ1n) is 10.4. The quantitative estimate of drug-likeness (QED) is 0.815. The lowest BCUT2D eigenvalue weighted by Crippen LogP contribution is -2.43. The highest BCUT2D eigenvalue weighted by Gasteiger charge is 2.48. The van der Waals surface area contributed by atoms with Gasteiger partial charge in [-0.25, -0.2) is 4.79 Å². The molecule has 5 rings (SSSR count). The number of rotatable bonds is 3. The van der Waals surface area contributed by atoms with Gasteiger partial charge in [0.15, 0.2) is 0 Å². The maximum Gasteiger partial charge on any atom is 0.339 e. The monoisotopic (exact) mass is 391 g/mol. The molecule has 3 heterocycles. The third-order valence-corrected chi connectivity index (χ3v) is 6.64. The van der Waals surface area contributed by atoms with Gasteiger partial charge in [-0.05, 0) is 50.3 Å². The van der Waals surface area contributed by atoms with Gasteiger partial charge >= 0.3 is 5.97 Å². The summed E-state index contributed by atoms with van der Waals surface area (Å²) in [6.45, 7) is 1.81. The summed E-state index contributed by atoms with van der Waals surface area (Å²) in [7, 11) is 0. The molecule has 1 atom stereocenters. The summed E-state index contributed by atoms with van der Waals surface area (Å²) in [6.07, 6.45) is 7.14. The number of amides is 1. The van der Waals surface area contributed by atoms with Crippen molar-refractivity contribution in [1.29, 1.82) is 0 Å². The predicted molar refractivity (Wildman–Crippen MR) is 108 cm³/mol. The van der Waals surface area contributed by atoms with Crippen LogP contribution >= 0.6 is 0 Å². The van der Waals surface area contributed by atoms with Crippen molar-refractivity contribution >= 4 is 17.6 Å².